The number of hydrogen-bond acceptors (Lipinski definition) is 4. The number of halogens is 1. The molecule has 0 bridgehead atoms. The quantitative estimate of drug-likeness (QED) is 0.726. The number of amides is 2. The first-order valence-electron chi connectivity index (χ1n) is 7.94. The Kier molecular flexibility index (Phi) is 7.21. The van der Waals surface area contributed by atoms with Crippen LogP contribution in [0.5, 0.6) is 0 Å². The van der Waals surface area contributed by atoms with Gasteiger partial charge in [-0.1, -0.05) is 30.3 Å². The van der Waals surface area contributed by atoms with Gasteiger partial charge in [0.15, 0.2) is 10.4 Å². The third-order valence-electron chi connectivity index (χ3n) is 3.74. The Morgan fingerprint density at radius 2 is 1.84 bits per heavy atom. The van der Waals surface area contributed by atoms with E-state index in [1.807, 2.05) is 30.3 Å². The summed E-state index contributed by atoms with van der Waals surface area (Å²) in [6.45, 7) is 0.521. The van der Waals surface area contributed by atoms with Crippen molar-refractivity contribution in [1.82, 2.24) is 9.80 Å². The first-order chi connectivity index (χ1) is 12.0. The molecule has 1 heterocycles. The lowest BCUT2D eigenvalue weighted by Gasteiger charge is -2.24. The van der Waals surface area contributed by atoms with E-state index in [0.29, 0.717) is 17.6 Å². The summed E-state index contributed by atoms with van der Waals surface area (Å²) >= 11 is 3.15. The summed E-state index contributed by atoms with van der Waals surface area (Å²) in [5.74, 6) is -0.419. The second-order valence-corrected chi connectivity index (χ2v) is 6.39. The normalized spacial score (nSPS) is 10.5. The third kappa shape index (κ3) is 5.72. The van der Waals surface area contributed by atoms with Crippen LogP contribution in [0.15, 0.2) is 51.6 Å². The SMILES string of the molecule is CN(CC(=O)N(CCO)CCc1ccccc1)C(=O)c1ccc(Br)o1. The van der Waals surface area contributed by atoms with Gasteiger partial charge in [0.25, 0.3) is 5.91 Å². The molecular weight excluding hydrogens is 388 g/mol. The molecule has 7 heteroatoms. The smallest absolute Gasteiger partial charge is 0.289 e. The maximum Gasteiger partial charge on any atom is 0.289 e. The molecule has 1 N–H and O–H groups in total. The molecule has 0 aliphatic carbocycles. The van der Waals surface area contributed by atoms with Crippen molar-refractivity contribution >= 4 is 27.7 Å². The third-order valence-corrected chi connectivity index (χ3v) is 4.17. The van der Waals surface area contributed by atoms with Crippen molar-refractivity contribution in [3.05, 3.63) is 58.5 Å². The number of nitrogens with zero attached hydrogens (tertiary/aromatic N) is 2. The first-order valence-corrected chi connectivity index (χ1v) is 8.74. The summed E-state index contributed by atoms with van der Waals surface area (Å²) in [6, 6.07) is 13.0. The van der Waals surface area contributed by atoms with Crippen LogP contribution < -0.4 is 0 Å². The predicted octanol–water partition coefficient (Wildman–Crippen LogP) is 2.18. The first kappa shape index (κ1) is 19.2. The number of rotatable bonds is 8. The van der Waals surface area contributed by atoms with Gasteiger partial charge < -0.3 is 19.3 Å². The number of carbonyl (C=O) groups is 2. The zero-order valence-corrected chi connectivity index (χ0v) is 15.6. The molecule has 0 saturated heterocycles. The van der Waals surface area contributed by atoms with E-state index in [2.05, 4.69) is 15.9 Å². The Hall–Kier alpha value is -2.12. The van der Waals surface area contributed by atoms with E-state index in [4.69, 9.17) is 4.42 Å². The van der Waals surface area contributed by atoms with Crippen LogP contribution in [-0.4, -0.2) is 60.0 Å². The Morgan fingerprint density at radius 3 is 2.44 bits per heavy atom. The number of furan rings is 1. The van der Waals surface area contributed by atoms with E-state index >= 15 is 0 Å². The van der Waals surface area contributed by atoms with Gasteiger partial charge in [-0.15, -0.1) is 0 Å². The van der Waals surface area contributed by atoms with Crippen LogP contribution in [0.1, 0.15) is 16.1 Å². The summed E-state index contributed by atoms with van der Waals surface area (Å²) < 4.78 is 5.68. The molecule has 1 aromatic heterocycles. The van der Waals surface area contributed by atoms with Crippen LogP contribution >= 0.6 is 15.9 Å². The molecular formula is C18H21BrN2O4. The van der Waals surface area contributed by atoms with Crippen molar-refractivity contribution in [3.63, 3.8) is 0 Å². The Balaban J connectivity index is 1.93. The summed E-state index contributed by atoms with van der Waals surface area (Å²) in [5.41, 5.74) is 1.11. The van der Waals surface area contributed by atoms with Crippen molar-refractivity contribution in [2.75, 3.05) is 33.3 Å². The van der Waals surface area contributed by atoms with Gasteiger partial charge >= 0.3 is 0 Å². The summed E-state index contributed by atoms with van der Waals surface area (Å²) in [5, 5.41) is 9.21. The highest BCUT2D eigenvalue weighted by atomic mass is 79.9. The van der Waals surface area contributed by atoms with E-state index in [0.717, 1.165) is 5.56 Å². The van der Waals surface area contributed by atoms with E-state index < -0.39 is 0 Å². The molecule has 2 amide bonds. The Bertz CT molecular complexity index is 702. The maximum absolute atomic E-state index is 12.5. The summed E-state index contributed by atoms with van der Waals surface area (Å²) in [6.07, 6.45) is 0.690. The molecule has 0 unspecified atom stereocenters. The monoisotopic (exact) mass is 408 g/mol. The van der Waals surface area contributed by atoms with Crippen LogP contribution in [0.3, 0.4) is 0 Å². The van der Waals surface area contributed by atoms with Gasteiger partial charge in [0, 0.05) is 20.1 Å². The molecule has 0 saturated carbocycles. The minimum atomic E-state index is -0.369. The predicted molar refractivity (Wildman–Crippen MR) is 97.2 cm³/mol. The molecule has 0 aliphatic heterocycles. The minimum Gasteiger partial charge on any atom is -0.444 e. The molecule has 0 aliphatic rings. The van der Waals surface area contributed by atoms with Gasteiger partial charge in [0.2, 0.25) is 5.91 Å². The average Bonchev–Trinajstić information content (AvgIpc) is 3.05. The van der Waals surface area contributed by atoms with Crippen molar-refractivity contribution in [1.29, 1.82) is 0 Å². The number of carbonyl (C=O) groups excluding carboxylic acids is 2. The van der Waals surface area contributed by atoms with Crippen LogP contribution in [-0.2, 0) is 11.2 Å². The van der Waals surface area contributed by atoms with Crippen molar-refractivity contribution in [3.8, 4) is 0 Å². The number of likely N-dealkylation sites (N-methyl/N-ethyl adjacent to an activating group) is 1. The number of aliphatic hydroxyl groups is 1. The van der Waals surface area contributed by atoms with Gasteiger partial charge in [-0.2, -0.15) is 0 Å². The number of hydrogen-bond donors (Lipinski definition) is 1. The van der Waals surface area contributed by atoms with Crippen LogP contribution in [0.25, 0.3) is 0 Å². The minimum absolute atomic E-state index is 0.0774. The highest BCUT2D eigenvalue weighted by Gasteiger charge is 2.21. The topological polar surface area (TPSA) is 74.0 Å². The zero-order valence-electron chi connectivity index (χ0n) is 14.0. The molecule has 2 rings (SSSR count). The van der Waals surface area contributed by atoms with Crippen LogP contribution in [0.2, 0.25) is 0 Å². The average molecular weight is 409 g/mol. The van der Waals surface area contributed by atoms with Gasteiger partial charge in [0.1, 0.15) is 0 Å². The fourth-order valence-corrected chi connectivity index (χ4v) is 2.69. The van der Waals surface area contributed by atoms with E-state index in [1.165, 1.54) is 4.90 Å². The molecule has 0 fully saturated rings. The van der Waals surface area contributed by atoms with Crippen molar-refractivity contribution in [2.24, 2.45) is 0 Å². The molecule has 6 nitrogen and oxygen atoms in total. The molecule has 2 aromatic rings. The second kappa shape index (κ2) is 9.39. The highest BCUT2D eigenvalue weighted by Crippen LogP contribution is 2.15. The highest BCUT2D eigenvalue weighted by molar-refractivity contribution is 9.10. The van der Waals surface area contributed by atoms with Crippen LogP contribution in [0, 0.1) is 0 Å². The summed E-state index contributed by atoms with van der Waals surface area (Å²) in [7, 11) is 1.55. The molecule has 1 aromatic carbocycles. The molecule has 0 atom stereocenters. The lowest BCUT2D eigenvalue weighted by atomic mass is 10.1. The van der Waals surface area contributed by atoms with E-state index in [1.54, 1.807) is 24.1 Å². The Labute approximate surface area is 155 Å². The lowest BCUT2D eigenvalue weighted by Crippen LogP contribution is -2.43. The zero-order chi connectivity index (χ0) is 18.2. The van der Waals surface area contributed by atoms with E-state index in [-0.39, 0.29) is 37.3 Å². The largest absolute Gasteiger partial charge is 0.444 e. The molecule has 25 heavy (non-hydrogen) atoms. The van der Waals surface area contributed by atoms with Crippen LogP contribution in [0.4, 0.5) is 0 Å². The second-order valence-electron chi connectivity index (χ2n) is 5.60. The molecule has 0 spiro atoms. The molecule has 0 radical (unpaired) electrons. The van der Waals surface area contributed by atoms with Gasteiger partial charge in [0.05, 0.1) is 13.2 Å². The standard InChI is InChI=1S/C18H21BrN2O4/c1-20(18(24)15-7-8-16(19)25-15)13-17(23)21(11-12-22)10-9-14-5-3-2-4-6-14/h2-8,22H,9-13H2,1H3. The number of aliphatic hydroxyl groups excluding tert-OH is 1. The van der Waals surface area contributed by atoms with Gasteiger partial charge in [-0.05, 0) is 40.0 Å². The van der Waals surface area contributed by atoms with Gasteiger partial charge in [-0.3, -0.25) is 9.59 Å². The van der Waals surface area contributed by atoms with Gasteiger partial charge in [-0.25, -0.2) is 0 Å². The maximum atomic E-state index is 12.5. The van der Waals surface area contributed by atoms with E-state index in [9.17, 15) is 14.7 Å². The van der Waals surface area contributed by atoms with Crippen molar-refractivity contribution < 1.29 is 19.1 Å². The Morgan fingerprint density at radius 1 is 1.12 bits per heavy atom. The molecule has 134 valence electrons. The lowest BCUT2D eigenvalue weighted by molar-refractivity contribution is -0.132. The number of benzene rings is 1. The fraction of sp³-hybridized carbons (Fsp3) is 0.333. The summed E-state index contributed by atoms with van der Waals surface area (Å²) in [4.78, 5) is 27.6. The fourth-order valence-electron chi connectivity index (χ4n) is 2.38. The van der Waals surface area contributed by atoms with Crippen molar-refractivity contribution in [2.45, 2.75) is 6.42 Å².